The van der Waals surface area contributed by atoms with Crippen LogP contribution in [0.1, 0.15) is 21.8 Å². The van der Waals surface area contributed by atoms with Gasteiger partial charge in [-0.15, -0.1) is 11.3 Å². The minimum atomic E-state index is -0.913. The number of carbonyl (C=O) groups is 1. The quantitative estimate of drug-likeness (QED) is 0.774. The molecule has 0 N–H and O–H groups in total. The van der Waals surface area contributed by atoms with Crippen LogP contribution in [-0.2, 0) is 0 Å². The minimum absolute atomic E-state index is 0.282. The van der Waals surface area contributed by atoms with Crippen molar-refractivity contribution in [2.75, 3.05) is 7.11 Å². The Morgan fingerprint density at radius 1 is 1.35 bits per heavy atom. The third-order valence-electron chi connectivity index (χ3n) is 2.76. The van der Waals surface area contributed by atoms with Crippen molar-refractivity contribution in [2.45, 2.75) is 5.92 Å². The standard InChI is InChI=1S/C14H9Cl2NO2S/c1-19-9-4-2-8(3-5-9)11(7-17)13(18)10-6-12(15)20-14(10)16/h2-6,11H,1H3. The van der Waals surface area contributed by atoms with E-state index in [2.05, 4.69) is 0 Å². The highest BCUT2D eigenvalue weighted by Crippen LogP contribution is 2.34. The zero-order valence-corrected chi connectivity index (χ0v) is 12.7. The lowest BCUT2D eigenvalue weighted by atomic mass is 9.93. The molecule has 0 aliphatic rings. The van der Waals surface area contributed by atoms with E-state index in [1.807, 2.05) is 6.07 Å². The van der Waals surface area contributed by atoms with E-state index in [4.69, 9.17) is 27.9 Å². The van der Waals surface area contributed by atoms with E-state index in [0.29, 0.717) is 20.0 Å². The number of thiophene rings is 1. The second-order valence-corrected chi connectivity index (χ2v) is 6.22. The van der Waals surface area contributed by atoms with Gasteiger partial charge in [-0.2, -0.15) is 5.26 Å². The molecule has 1 aromatic carbocycles. The van der Waals surface area contributed by atoms with Gasteiger partial charge < -0.3 is 4.74 Å². The number of Topliss-reactive ketones (excluding diaryl/α,β-unsaturated/α-hetero) is 1. The van der Waals surface area contributed by atoms with E-state index >= 15 is 0 Å². The number of hydrogen-bond acceptors (Lipinski definition) is 4. The van der Waals surface area contributed by atoms with Crippen molar-refractivity contribution in [3.63, 3.8) is 0 Å². The predicted octanol–water partition coefficient (Wildman–Crippen LogP) is 4.55. The summed E-state index contributed by atoms with van der Waals surface area (Å²) in [5.41, 5.74) is 0.876. The zero-order chi connectivity index (χ0) is 14.7. The Hall–Kier alpha value is -1.54. The van der Waals surface area contributed by atoms with Crippen LogP contribution in [0.3, 0.4) is 0 Å². The van der Waals surface area contributed by atoms with Crippen molar-refractivity contribution < 1.29 is 9.53 Å². The molecule has 102 valence electrons. The molecule has 1 aromatic heterocycles. The molecule has 1 unspecified atom stereocenters. The van der Waals surface area contributed by atoms with Crippen molar-refractivity contribution >= 4 is 40.3 Å². The molecular formula is C14H9Cl2NO2S. The molecule has 0 aliphatic heterocycles. The maximum Gasteiger partial charge on any atom is 0.186 e. The van der Waals surface area contributed by atoms with Gasteiger partial charge in [-0.3, -0.25) is 4.79 Å². The Balaban J connectivity index is 2.34. The highest BCUT2D eigenvalue weighted by atomic mass is 35.5. The Morgan fingerprint density at radius 2 is 2.00 bits per heavy atom. The number of benzene rings is 1. The molecule has 0 aliphatic carbocycles. The van der Waals surface area contributed by atoms with E-state index < -0.39 is 5.92 Å². The fourth-order valence-corrected chi connectivity index (χ4v) is 3.22. The molecular weight excluding hydrogens is 317 g/mol. The van der Waals surface area contributed by atoms with Crippen molar-refractivity contribution in [1.82, 2.24) is 0 Å². The molecule has 1 atom stereocenters. The monoisotopic (exact) mass is 325 g/mol. The fourth-order valence-electron chi connectivity index (χ4n) is 1.74. The minimum Gasteiger partial charge on any atom is -0.497 e. The number of nitriles is 1. The van der Waals surface area contributed by atoms with Gasteiger partial charge >= 0.3 is 0 Å². The van der Waals surface area contributed by atoms with Crippen molar-refractivity contribution in [3.05, 3.63) is 50.1 Å². The molecule has 3 nitrogen and oxygen atoms in total. The van der Waals surface area contributed by atoms with E-state index in [-0.39, 0.29) is 11.3 Å². The molecule has 1 heterocycles. The van der Waals surface area contributed by atoms with E-state index in [9.17, 15) is 10.1 Å². The lowest BCUT2D eigenvalue weighted by Crippen LogP contribution is -2.10. The number of halogens is 2. The van der Waals surface area contributed by atoms with Crippen LogP contribution in [-0.4, -0.2) is 12.9 Å². The first-order valence-electron chi connectivity index (χ1n) is 5.59. The predicted molar refractivity (Wildman–Crippen MR) is 80.0 cm³/mol. The van der Waals surface area contributed by atoms with Gasteiger partial charge in [0, 0.05) is 0 Å². The molecule has 0 saturated carbocycles. The van der Waals surface area contributed by atoms with Crippen LogP contribution in [0.4, 0.5) is 0 Å². The van der Waals surface area contributed by atoms with Crippen LogP contribution < -0.4 is 4.74 Å². The summed E-state index contributed by atoms with van der Waals surface area (Å²) in [5.74, 6) is -0.607. The first-order valence-corrected chi connectivity index (χ1v) is 7.16. The molecule has 2 rings (SSSR count). The van der Waals surface area contributed by atoms with Gasteiger partial charge in [-0.1, -0.05) is 35.3 Å². The van der Waals surface area contributed by atoms with Gasteiger partial charge in [0.2, 0.25) is 0 Å². The Morgan fingerprint density at radius 3 is 2.45 bits per heavy atom. The fraction of sp³-hybridized carbons (Fsp3) is 0.143. The van der Waals surface area contributed by atoms with Crippen LogP contribution in [0.5, 0.6) is 5.75 Å². The van der Waals surface area contributed by atoms with Gasteiger partial charge in [0.15, 0.2) is 5.78 Å². The van der Waals surface area contributed by atoms with Gasteiger partial charge in [0.05, 0.1) is 23.1 Å². The molecule has 0 radical (unpaired) electrons. The van der Waals surface area contributed by atoms with Crippen LogP contribution in [0.15, 0.2) is 30.3 Å². The first-order chi connectivity index (χ1) is 9.56. The zero-order valence-electron chi connectivity index (χ0n) is 10.4. The van der Waals surface area contributed by atoms with E-state index in [1.54, 1.807) is 31.4 Å². The summed E-state index contributed by atoms with van der Waals surface area (Å²) in [6.07, 6.45) is 0. The normalized spacial score (nSPS) is 11.7. The van der Waals surface area contributed by atoms with Gasteiger partial charge in [0.1, 0.15) is 16.0 Å². The molecule has 0 amide bonds. The average molecular weight is 326 g/mol. The van der Waals surface area contributed by atoms with Crippen molar-refractivity contribution in [2.24, 2.45) is 0 Å². The van der Waals surface area contributed by atoms with Crippen LogP contribution >= 0.6 is 34.5 Å². The number of carbonyl (C=O) groups excluding carboxylic acids is 1. The van der Waals surface area contributed by atoms with Crippen LogP contribution in [0.25, 0.3) is 0 Å². The maximum absolute atomic E-state index is 12.4. The molecule has 0 saturated heterocycles. The summed E-state index contributed by atoms with van der Waals surface area (Å²) in [5, 5.41) is 9.26. The summed E-state index contributed by atoms with van der Waals surface area (Å²) >= 11 is 12.9. The summed E-state index contributed by atoms with van der Waals surface area (Å²) in [4.78, 5) is 12.4. The topological polar surface area (TPSA) is 50.1 Å². The third-order valence-corrected chi connectivity index (χ3v) is 4.25. The smallest absolute Gasteiger partial charge is 0.186 e. The molecule has 20 heavy (non-hydrogen) atoms. The van der Waals surface area contributed by atoms with E-state index in [1.165, 1.54) is 6.07 Å². The Labute approximate surface area is 130 Å². The molecule has 0 spiro atoms. The number of ketones is 1. The highest BCUT2D eigenvalue weighted by molar-refractivity contribution is 7.20. The second kappa shape index (κ2) is 6.27. The van der Waals surface area contributed by atoms with Crippen LogP contribution in [0, 0.1) is 11.3 Å². The first kappa shape index (κ1) is 14.9. The van der Waals surface area contributed by atoms with Crippen molar-refractivity contribution in [1.29, 1.82) is 5.26 Å². The van der Waals surface area contributed by atoms with Gasteiger partial charge in [-0.25, -0.2) is 0 Å². The Bertz CT molecular complexity index is 673. The summed E-state index contributed by atoms with van der Waals surface area (Å²) in [7, 11) is 1.55. The molecule has 0 fully saturated rings. The SMILES string of the molecule is COc1ccc(C(C#N)C(=O)c2cc(Cl)sc2Cl)cc1. The number of methoxy groups -OCH3 is 1. The summed E-state index contributed by atoms with van der Waals surface area (Å²) in [6, 6.07) is 10.3. The van der Waals surface area contributed by atoms with Crippen LogP contribution in [0.2, 0.25) is 8.67 Å². The molecule has 0 bridgehead atoms. The lowest BCUT2D eigenvalue weighted by Gasteiger charge is -2.08. The number of hydrogen-bond donors (Lipinski definition) is 0. The highest BCUT2D eigenvalue weighted by Gasteiger charge is 2.25. The Kier molecular flexibility index (Phi) is 4.66. The van der Waals surface area contributed by atoms with Gasteiger partial charge in [0.25, 0.3) is 0 Å². The number of ether oxygens (including phenoxy) is 1. The van der Waals surface area contributed by atoms with E-state index in [0.717, 1.165) is 11.3 Å². The average Bonchev–Trinajstić information content (AvgIpc) is 2.79. The molecule has 6 heteroatoms. The number of nitrogens with zero attached hydrogens (tertiary/aromatic N) is 1. The largest absolute Gasteiger partial charge is 0.497 e. The summed E-state index contributed by atoms with van der Waals surface area (Å²) in [6.45, 7) is 0. The third kappa shape index (κ3) is 2.96. The lowest BCUT2D eigenvalue weighted by molar-refractivity contribution is 0.0979. The summed E-state index contributed by atoms with van der Waals surface area (Å²) < 4.78 is 5.77. The number of rotatable bonds is 4. The van der Waals surface area contributed by atoms with Gasteiger partial charge in [-0.05, 0) is 23.8 Å². The molecule has 2 aromatic rings. The van der Waals surface area contributed by atoms with Crippen molar-refractivity contribution in [3.8, 4) is 11.8 Å². The maximum atomic E-state index is 12.4. The second-order valence-electron chi connectivity index (χ2n) is 3.94.